The fourth-order valence-electron chi connectivity index (χ4n) is 2.09. The number of nitrogens with one attached hydrogen (secondary N) is 1. The molecule has 1 aromatic carbocycles. The van der Waals surface area contributed by atoms with Crippen molar-refractivity contribution in [1.82, 2.24) is 10.2 Å². The van der Waals surface area contributed by atoms with Gasteiger partial charge in [-0.1, -0.05) is 28.1 Å². The van der Waals surface area contributed by atoms with E-state index in [0.717, 1.165) is 43.9 Å². The minimum Gasteiger partial charge on any atom is -0.379 e. The van der Waals surface area contributed by atoms with Gasteiger partial charge in [0.1, 0.15) is 0 Å². The molecule has 0 amide bonds. The van der Waals surface area contributed by atoms with Crippen LogP contribution in [-0.2, 0) is 11.3 Å². The summed E-state index contributed by atoms with van der Waals surface area (Å²) in [7, 11) is 0. The van der Waals surface area contributed by atoms with Gasteiger partial charge in [-0.05, 0) is 37.2 Å². The summed E-state index contributed by atoms with van der Waals surface area (Å²) >= 11 is 3.45. The predicted molar refractivity (Wildman–Crippen MR) is 77.7 cm³/mol. The third-order valence-electron chi connectivity index (χ3n) is 3.17. The smallest absolute Gasteiger partial charge is 0.0594 e. The lowest BCUT2D eigenvalue weighted by Gasteiger charge is -2.26. The van der Waals surface area contributed by atoms with E-state index >= 15 is 0 Å². The van der Waals surface area contributed by atoms with Crippen molar-refractivity contribution in [2.75, 3.05) is 39.4 Å². The second kappa shape index (κ2) is 7.89. The molecule has 0 spiro atoms. The van der Waals surface area contributed by atoms with Crippen molar-refractivity contribution in [1.29, 1.82) is 0 Å². The highest BCUT2D eigenvalue weighted by Gasteiger charge is 2.08. The van der Waals surface area contributed by atoms with Gasteiger partial charge < -0.3 is 10.1 Å². The molecule has 0 radical (unpaired) electrons. The number of rotatable bonds is 6. The van der Waals surface area contributed by atoms with Crippen molar-refractivity contribution in [2.45, 2.75) is 13.0 Å². The van der Waals surface area contributed by atoms with Gasteiger partial charge in [-0.15, -0.1) is 0 Å². The van der Waals surface area contributed by atoms with Crippen LogP contribution in [0.1, 0.15) is 12.0 Å². The summed E-state index contributed by atoms with van der Waals surface area (Å²) in [5.74, 6) is 0. The molecule has 4 heteroatoms. The third-order valence-corrected chi connectivity index (χ3v) is 3.70. The van der Waals surface area contributed by atoms with Gasteiger partial charge in [-0.2, -0.15) is 0 Å². The van der Waals surface area contributed by atoms with Crippen LogP contribution in [0.3, 0.4) is 0 Å². The highest BCUT2D eigenvalue weighted by Crippen LogP contribution is 2.10. The average Bonchev–Trinajstić information content (AvgIpc) is 2.42. The quantitative estimate of drug-likeness (QED) is 0.816. The molecule has 1 saturated heterocycles. The first-order valence-corrected chi connectivity index (χ1v) is 7.39. The maximum Gasteiger partial charge on any atom is 0.0594 e. The molecule has 100 valence electrons. The Morgan fingerprint density at radius 1 is 1.17 bits per heavy atom. The molecule has 18 heavy (non-hydrogen) atoms. The van der Waals surface area contributed by atoms with E-state index in [1.807, 2.05) is 0 Å². The van der Waals surface area contributed by atoms with E-state index < -0.39 is 0 Å². The molecule has 1 N–H and O–H groups in total. The van der Waals surface area contributed by atoms with Gasteiger partial charge in [0, 0.05) is 24.1 Å². The molecule has 0 aliphatic carbocycles. The molecule has 1 heterocycles. The SMILES string of the molecule is Brc1ccc(CNCCCN2CCOCC2)cc1. The topological polar surface area (TPSA) is 24.5 Å². The number of halogens is 1. The highest BCUT2D eigenvalue weighted by atomic mass is 79.9. The van der Waals surface area contributed by atoms with Crippen LogP contribution in [0.15, 0.2) is 28.7 Å². The maximum absolute atomic E-state index is 5.33. The van der Waals surface area contributed by atoms with Crippen LogP contribution in [0.5, 0.6) is 0 Å². The number of benzene rings is 1. The minimum atomic E-state index is 0.895. The van der Waals surface area contributed by atoms with Crippen molar-refractivity contribution in [3.63, 3.8) is 0 Å². The normalized spacial score (nSPS) is 16.9. The Balaban J connectivity index is 1.54. The summed E-state index contributed by atoms with van der Waals surface area (Å²) in [4.78, 5) is 2.48. The van der Waals surface area contributed by atoms with Crippen molar-refractivity contribution in [3.05, 3.63) is 34.3 Å². The van der Waals surface area contributed by atoms with E-state index in [-0.39, 0.29) is 0 Å². The zero-order valence-electron chi connectivity index (χ0n) is 10.7. The minimum absolute atomic E-state index is 0.895. The summed E-state index contributed by atoms with van der Waals surface area (Å²) < 4.78 is 6.47. The Kier molecular flexibility index (Phi) is 6.14. The van der Waals surface area contributed by atoms with Crippen LogP contribution in [-0.4, -0.2) is 44.3 Å². The summed E-state index contributed by atoms with van der Waals surface area (Å²) in [5.41, 5.74) is 1.34. The van der Waals surface area contributed by atoms with E-state index in [9.17, 15) is 0 Å². The lowest BCUT2D eigenvalue weighted by atomic mass is 10.2. The first kappa shape index (κ1) is 14.0. The number of nitrogens with zero attached hydrogens (tertiary/aromatic N) is 1. The molecular formula is C14H21BrN2O. The van der Waals surface area contributed by atoms with Gasteiger partial charge in [0.2, 0.25) is 0 Å². The molecule has 0 unspecified atom stereocenters. The Labute approximate surface area is 118 Å². The second-order valence-electron chi connectivity index (χ2n) is 4.61. The van der Waals surface area contributed by atoms with E-state index in [1.54, 1.807) is 0 Å². The number of morpholine rings is 1. The van der Waals surface area contributed by atoms with E-state index in [2.05, 4.69) is 50.4 Å². The number of ether oxygens (including phenoxy) is 1. The molecule has 1 aromatic rings. The second-order valence-corrected chi connectivity index (χ2v) is 5.53. The summed E-state index contributed by atoms with van der Waals surface area (Å²) in [6.45, 7) is 7.18. The van der Waals surface area contributed by atoms with Gasteiger partial charge in [-0.25, -0.2) is 0 Å². The third kappa shape index (κ3) is 5.06. The first-order chi connectivity index (χ1) is 8.84. The molecule has 0 atom stereocenters. The Bertz CT molecular complexity index is 336. The van der Waals surface area contributed by atoms with Crippen LogP contribution in [0.4, 0.5) is 0 Å². The molecule has 0 aromatic heterocycles. The van der Waals surface area contributed by atoms with Crippen molar-refractivity contribution in [2.24, 2.45) is 0 Å². The van der Waals surface area contributed by atoms with Crippen LogP contribution in [0.25, 0.3) is 0 Å². The zero-order chi connectivity index (χ0) is 12.6. The molecule has 1 fully saturated rings. The highest BCUT2D eigenvalue weighted by molar-refractivity contribution is 9.10. The van der Waals surface area contributed by atoms with Crippen LogP contribution in [0.2, 0.25) is 0 Å². The van der Waals surface area contributed by atoms with Gasteiger partial charge in [0.25, 0.3) is 0 Å². The van der Waals surface area contributed by atoms with Gasteiger partial charge in [-0.3, -0.25) is 4.90 Å². The molecule has 2 rings (SSSR count). The van der Waals surface area contributed by atoms with Crippen molar-refractivity contribution >= 4 is 15.9 Å². The van der Waals surface area contributed by atoms with E-state index in [4.69, 9.17) is 4.74 Å². The fourth-order valence-corrected chi connectivity index (χ4v) is 2.35. The lowest BCUT2D eigenvalue weighted by molar-refractivity contribution is 0.0374. The van der Waals surface area contributed by atoms with Crippen molar-refractivity contribution < 1.29 is 4.74 Å². The molecule has 3 nitrogen and oxygen atoms in total. The monoisotopic (exact) mass is 312 g/mol. The standard InChI is InChI=1S/C14H21BrN2O/c15-14-4-2-13(3-5-14)12-16-6-1-7-17-8-10-18-11-9-17/h2-5,16H,1,6-12H2. The molecule has 1 aliphatic heterocycles. The molecular weight excluding hydrogens is 292 g/mol. The number of hydrogen-bond donors (Lipinski definition) is 1. The fraction of sp³-hybridized carbons (Fsp3) is 0.571. The number of hydrogen-bond acceptors (Lipinski definition) is 3. The van der Waals surface area contributed by atoms with E-state index in [1.165, 1.54) is 18.5 Å². The van der Waals surface area contributed by atoms with Gasteiger partial charge in [0.15, 0.2) is 0 Å². The van der Waals surface area contributed by atoms with Gasteiger partial charge >= 0.3 is 0 Å². The Hall–Kier alpha value is -0.420. The van der Waals surface area contributed by atoms with Crippen molar-refractivity contribution in [3.8, 4) is 0 Å². The predicted octanol–water partition coefficient (Wildman–Crippen LogP) is 2.26. The van der Waals surface area contributed by atoms with E-state index in [0.29, 0.717) is 0 Å². The Morgan fingerprint density at radius 3 is 2.61 bits per heavy atom. The zero-order valence-corrected chi connectivity index (χ0v) is 12.3. The summed E-state index contributed by atoms with van der Waals surface area (Å²) in [6, 6.07) is 8.48. The maximum atomic E-state index is 5.33. The largest absolute Gasteiger partial charge is 0.379 e. The van der Waals surface area contributed by atoms with Crippen LogP contribution in [0, 0.1) is 0 Å². The lowest BCUT2D eigenvalue weighted by Crippen LogP contribution is -2.37. The summed E-state index contributed by atoms with van der Waals surface area (Å²) in [6.07, 6.45) is 1.20. The first-order valence-electron chi connectivity index (χ1n) is 6.60. The summed E-state index contributed by atoms with van der Waals surface area (Å²) in [5, 5.41) is 3.49. The molecule has 0 bridgehead atoms. The Morgan fingerprint density at radius 2 is 1.89 bits per heavy atom. The van der Waals surface area contributed by atoms with Gasteiger partial charge in [0.05, 0.1) is 13.2 Å². The van der Waals surface area contributed by atoms with Crippen LogP contribution < -0.4 is 5.32 Å². The molecule has 0 saturated carbocycles. The molecule has 1 aliphatic rings. The van der Waals surface area contributed by atoms with Crippen LogP contribution >= 0.6 is 15.9 Å². The average molecular weight is 313 g/mol.